The predicted octanol–water partition coefficient (Wildman–Crippen LogP) is 2.79. The maximum Gasteiger partial charge on any atom is 0.261 e. The zero-order valence-corrected chi connectivity index (χ0v) is 12.8. The fourth-order valence-electron chi connectivity index (χ4n) is 2.53. The van der Waals surface area contributed by atoms with Crippen LogP contribution in [0, 0.1) is 5.92 Å². The summed E-state index contributed by atoms with van der Waals surface area (Å²) in [4.78, 5) is 14.3. The summed E-state index contributed by atoms with van der Waals surface area (Å²) in [6, 6.07) is 5.34. The summed E-state index contributed by atoms with van der Waals surface area (Å²) in [5.41, 5.74) is 0.474. The summed E-state index contributed by atoms with van der Waals surface area (Å²) in [6.07, 6.45) is 1.95. The van der Waals surface area contributed by atoms with Crippen LogP contribution in [0.3, 0.4) is 0 Å². The minimum absolute atomic E-state index is 0.0858. The quantitative estimate of drug-likeness (QED) is 0.785. The van der Waals surface area contributed by atoms with Crippen LogP contribution in [0.5, 0.6) is 11.5 Å². The molecule has 110 valence electrons. The molecule has 1 aromatic rings. The summed E-state index contributed by atoms with van der Waals surface area (Å²) < 4.78 is 10.5. The van der Waals surface area contributed by atoms with Gasteiger partial charge < -0.3 is 14.4 Å². The van der Waals surface area contributed by atoms with E-state index in [1.807, 2.05) is 0 Å². The number of alkyl halides is 1. The second-order valence-electron chi connectivity index (χ2n) is 5.16. The maximum absolute atomic E-state index is 12.6. The van der Waals surface area contributed by atoms with E-state index in [2.05, 4.69) is 0 Å². The van der Waals surface area contributed by atoms with E-state index in [0.29, 0.717) is 29.5 Å². The lowest BCUT2D eigenvalue weighted by molar-refractivity contribution is 0.0740. The van der Waals surface area contributed by atoms with Gasteiger partial charge in [0, 0.05) is 19.0 Å². The van der Waals surface area contributed by atoms with Gasteiger partial charge in [-0.25, -0.2) is 0 Å². The molecule has 0 spiro atoms. The molecule has 4 nitrogen and oxygen atoms in total. The van der Waals surface area contributed by atoms with Crippen molar-refractivity contribution in [3.05, 3.63) is 23.8 Å². The summed E-state index contributed by atoms with van der Waals surface area (Å²) in [5, 5.41) is 0.268. The number of methoxy groups -OCH3 is 2. The third kappa shape index (κ3) is 3.01. The molecule has 0 atom stereocenters. The van der Waals surface area contributed by atoms with Gasteiger partial charge in [-0.05, 0) is 30.9 Å². The maximum atomic E-state index is 12.6. The number of hydrogen-bond acceptors (Lipinski definition) is 3. The molecule has 0 heterocycles. The van der Waals surface area contributed by atoms with Gasteiger partial charge in [-0.1, -0.05) is 6.07 Å². The lowest BCUT2D eigenvalue weighted by Crippen LogP contribution is -2.38. The van der Waals surface area contributed by atoms with Crippen molar-refractivity contribution in [2.45, 2.75) is 18.2 Å². The molecule has 2 rings (SSSR count). The van der Waals surface area contributed by atoms with Crippen LogP contribution in [0.2, 0.25) is 0 Å². The second-order valence-corrected chi connectivity index (χ2v) is 5.78. The SMILES string of the molecule is COc1cccc(OC)c1C(=O)N(C)CC1CC(Cl)C1. The van der Waals surface area contributed by atoms with Gasteiger partial charge in [-0.15, -0.1) is 11.6 Å². The topological polar surface area (TPSA) is 38.8 Å². The van der Waals surface area contributed by atoms with Gasteiger partial charge >= 0.3 is 0 Å². The van der Waals surface area contributed by atoms with Crippen molar-refractivity contribution in [3.63, 3.8) is 0 Å². The van der Waals surface area contributed by atoms with Crippen LogP contribution in [0.15, 0.2) is 18.2 Å². The standard InChI is InChI=1S/C15H20ClNO3/c1-17(9-10-7-11(16)8-10)15(18)14-12(19-2)5-4-6-13(14)20-3/h4-6,10-11H,7-9H2,1-3H3. The van der Waals surface area contributed by atoms with Crippen molar-refractivity contribution in [3.8, 4) is 11.5 Å². The highest BCUT2D eigenvalue weighted by molar-refractivity contribution is 6.21. The number of nitrogens with zero attached hydrogens (tertiary/aromatic N) is 1. The number of halogens is 1. The first-order valence-electron chi connectivity index (χ1n) is 6.67. The van der Waals surface area contributed by atoms with E-state index < -0.39 is 0 Å². The molecule has 20 heavy (non-hydrogen) atoms. The van der Waals surface area contributed by atoms with Crippen LogP contribution < -0.4 is 9.47 Å². The summed E-state index contributed by atoms with van der Waals surface area (Å²) in [5.74, 6) is 1.47. The molecule has 0 bridgehead atoms. The Bertz CT molecular complexity index is 464. The van der Waals surface area contributed by atoms with Crippen molar-refractivity contribution in [1.29, 1.82) is 0 Å². The van der Waals surface area contributed by atoms with Crippen LogP contribution in [-0.4, -0.2) is 44.0 Å². The molecule has 0 saturated heterocycles. The molecule has 1 aromatic carbocycles. The van der Waals surface area contributed by atoms with E-state index in [0.717, 1.165) is 12.8 Å². The Kier molecular flexibility index (Phi) is 4.76. The number of ether oxygens (including phenoxy) is 2. The Morgan fingerprint density at radius 1 is 1.30 bits per heavy atom. The lowest BCUT2D eigenvalue weighted by Gasteiger charge is -2.34. The molecule has 0 radical (unpaired) electrons. The minimum atomic E-state index is -0.0858. The number of carbonyl (C=O) groups excluding carboxylic acids is 1. The summed E-state index contributed by atoms with van der Waals surface area (Å²) >= 11 is 5.98. The highest BCUT2D eigenvalue weighted by Gasteiger charge is 2.30. The van der Waals surface area contributed by atoms with Gasteiger partial charge in [0.1, 0.15) is 17.1 Å². The zero-order valence-electron chi connectivity index (χ0n) is 12.1. The Labute approximate surface area is 124 Å². The van der Waals surface area contributed by atoms with Gasteiger partial charge in [0.05, 0.1) is 14.2 Å². The number of hydrogen-bond donors (Lipinski definition) is 0. The highest BCUT2D eigenvalue weighted by atomic mass is 35.5. The molecule has 0 aliphatic heterocycles. The Balaban J connectivity index is 2.15. The van der Waals surface area contributed by atoms with Crippen molar-refractivity contribution in [2.24, 2.45) is 5.92 Å². The smallest absolute Gasteiger partial charge is 0.261 e. The summed E-state index contributed by atoms with van der Waals surface area (Å²) in [7, 11) is 4.90. The van der Waals surface area contributed by atoms with E-state index in [1.54, 1.807) is 44.4 Å². The van der Waals surface area contributed by atoms with E-state index in [9.17, 15) is 4.79 Å². The molecule has 5 heteroatoms. The van der Waals surface area contributed by atoms with Crippen molar-refractivity contribution < 1.29 is 14.3 Å². The van der Waals surface area contributed by atoms with Crippen molar-refractivity contribution in [1.82, 2.24) is 4.90 Å². The average Bonchev–Trinajstić information content (AvgIpc) is 2.43. The minimum Gasteiger partial charge on any atom is -0.496 e. The normalized spacial score (nSPS) is 21.0. The van der Waals surface area contributed by atoms with Gasteiger partial charge in [0.2, 0.25) is 0 Å². The average molecular weight is 298 g/mol. The van der Waals surface area contributed by atoms with Gasteiger partial charge in [-0.2, -0.15) is 0 Å². The Hall–Kier alpha value is -1.42. The summed E-state index contributed by atoms with van der Waals surface area (Å²) in [6.45, 7) is 0.712. The molecule has 1 saturated carbocycles. The van der Waals surface area contributed by atoms with Crippen LogP contribution in [0.25, 0.3) is 0 Å². The first-order chi connectivity index (χ1) is 9.56. The molecule has 1 aliphatic carbocycles. The molecule has 1 fully saturated rings. The van der Waals surface area contributed by atoms with Crippen LogP contribution in [0.4, 0.5) is 0 Å². The first-order valence-corrected chi connectivity index (χ1v) is 7.11. The fourth-order valence-corrected chi connectivity index (χ4v) is 3.03. The van der Waals surface area contributed by atoms with Crippen LogP contribution >= 0.6 is 11.6 Å². The molecule has 1 aliphatic rings. The zero-order chi connectivity index (χ0) is 14.7. The number of benzene rings is 1. The third-order valence-corrected chi connectivity index (χ3v) is 4.05. The van der Waals surface area contributed by atoms with E-state index in [1.165, 1.54) is 0 Å². The van der Waals surface area contributed by atoms with E-state index in [-0.39, 0.29) is 11.3 Å². The van der Waals surface area contributed by atoms with Gasteiger partial charge in [0.25, 0.3) is 5.91 Å². The molecule has 0 unspecified atom stereocenters. The predicted molar refractivity (Wildman–Crippen MR) is 78.9 cm³/mol. The monoisotopic (exact) mass is 297 g/mol. The van der Waals surface area contributed by atoms with Gasteiger partial charge in [0.15, 0.2) is 0 Å². The number of amides is 1. The lowest BCUT2D eigenvalue weighted by atomic mass is 9.84. The Morgan fingerprint density at radius 3 is 2.30 bits per heavy atom. The molecule has 0 N–H and O–H groups in total. The Morgan fingerprint density at radius 2 is 1.85 bits per heavy atom. The largest absolute Gasteiger partial charge is 0.496 e. The van der Waals surface area contributed by atoms with Crippen LogP contribution in [-0.2, 0) is 0 Å². The molecule has 1 amide bonds. The van der Waals surface area contributed by atoms with Crippen LogP contribution in [0.1, 0.15) is 23.2 Å². The molecular formula is C15H20ClNO3. The molecule has 0 aromatic heterocycles. The van der Waals surface area contributed by atoms with Crippen molar-refractivity contribution in [2.75, 3.05) is 27.8 Å². The first kappa shape index (κ1) is 15.0. The fraction of sp³-hybridized carbons (Fsp3) is 0.533. The number of carbonyl (C=O) groups is 1. The van der Waals surface area contributed by atoms with Crippen molar-refractivity contribution >= 4 is 17.5 Å². The van der Waals surface area contributed by atoms with E-state index in [4.69, 9.17) is 21.1 Å². The third-order valence-electron chi connectivity index (χ3n) is 3.70. The van der Waals surface area contributed by atoms with E-state index >= 15 is 0 Å². The highest BCUT2D eigenvalue weighted by Crippen LogP contribution is 2.34. The van der Waals surface area contributed by atoms with Gasteiger partial charge in [-0.3, -0.25) is 4.79 Å². The molecular weight excluding hydrogens is 278 g/mol. The number of rotatable bonds is 5. The second kappa shape index (κ2) is 6.35.